The smallest absolute Gasteiger partial charge is 0.178 e. The highest BCUT2D eigenvalue weighted by Crippen LogP contribution is 2.65. The Morgan fingerprint density at radius 2 is 2.20 bits per heavy atom. The van der Waals surface area contributed by atoms with Gasteiger partial charge >= 0.3 is 0 Å². The molecular weight excluding hydrogens is 316 g/mol. The van der Waals surface area contributed by atoms with Crippen molar-refractivity contribution < 1.29 is 30.8 Å². The number of rotatable bonds is 2. The predicted molar refractivity (Wildman–Crippen MR) is 93.6 cm³/mol. The Bertz CT molecular complexity index is 1020. The van der Waals surface area contributed by atoms with Crippen molar-refractivity contribution in [1.29, 1.82) is 0 Å². The molecule has 136 valence electrons. The van der Waals surface area contributed by atoms with E-state index in [-0.39, 0.29) is 12.8 Å². The van der Waals surface area contributed by atoms with Crippen molar-refractivity contribution >= 4 is 11.6 Å². The molecule has 4 heteroatoms. The van der Waals surface area contributed by atoms with E-state index in [0.717, 1.165) is 6.08 Å². The third-order valence-corrected chi connectivity index (χ3v) is 6.61. The molecule has 4 rings (SSSR count). The maximum atomic E-state index is 12.6. The minimum atomic E-state index is -3.21. The maximum Gasteiger partial charge on any atom is 0.178 e. The standard InChI is InChI=1S/C21H28O4/c1-20-8-7-13(23)9-12(20)3-4-14-15-5-6-16(18(25)11-22)21(15,2)10-17(24)19(14)20/h7-9,14-17,19,22,24H,3-6,10-11H2,1-2H3/t14?,15-,16+,17-,19?,20-,21-/m0/s1/i3D2,7D,9D,10D2,17D,19D. The van der Waals surface area contributed by atoms with Gasteiger partial charge in [-0.25, -0.2) is 0 Å². The highest BCUT2D eigenvalue weighted by molar-refractivity contribution is 6.01. The first-order valence-corrected chi connectivity index (χ1v) is 8.70. The molecule has 0 bridgehead atoms. The fourth-order valence-corrected chi connectivity index (χ4v) is 5.40. The van der Waals surface area contributed by atoms with Crippen LogP contribution >= 0.6 is 0 Å². The molecule has 25 heavy (non-hydrogen) atoms. The van der Waals surface area contributed by atoms with E-state index >= 15 is 0 Å². The van der Waals surface area contributed by atoms with Gasteiger partial charge in [0.05, 0.1) is 10.2 Å². The highest BCUT2D eigenvalue weighted by atomic mass is 16.3. The highest BCUT2D eigenvalue weighted by Gasteiger charge is 2.62. The SMILES string of the molecule is [2H]C1=C[C@@]2(C)C(=C([2H])C1=O)C([2H])([2H])CC1[C@@H]3CC[C@H](C(=O)CO)[C@@]3(C)C([2H])([2H])[C@]([2H])(O)C12[2H]. The summed E-state index contributed by atoms with van der Waals surface area (Å²) < 4.78 is 70.0. The third-order valence-electron chi connectivity index (χ3n) is 6.61. The van der Waals surface area contributed by atoms with Gasteiger partial charge < -0.3 is 10.2 Å². The van der Waals surface area contributed by atoms with E-state index in [0.29, 0.717) is 0 Å². The Kier molecular flexibility index (Phi) is 2.29. The van der Waals surface area contributed by atoms with Crippen molar-refractivity contribution in [3.63, 3.8) is 0 Å². The zero-order chi connectivity index (χ0) is 25.2. The summed E-state index contributed by atoms with van der Waals surface area (Å²) in [5.41, 5.74) is -4.08. The summed E-state index contributed by atoms with van der Waals surface area (Å²) in [7, 11) is 0. The molecule has 0 aliphatic heterocycles. The number of allylic oxidation sites excluding steroid dienone is 4. The molecule has 0 spiro atoms. The lowest BCUT2D eigenvalue weighted by molar-refractivity contribution is -0.141. The van der Waals surface area contributed by atoms with Crippen molar-refractivity contribution in [3.05, 3.63) is 23.8 Å². The summed E-state index contributed by atoms with van der Waals surface area (Å²) in [6.45, 7) is 1.88. The van der Waals surface area contributed by atoms with Gasteiger partial charge in [-0.05, 0) is 61.4 Å². The number of carbonyl (C=O) groups is 2. The molecule has 0 aromatic heterocycles. The molecule has 2 unspecified atom stereocenters. The van der Waals surface area contributed by atoms with Crippen LogP contribution in [-0.4, -0.2) is 34.5 Å². The number of carbonyl (C=O) groups excluding carboxylic acids is 2. The maximum absolute atomic E-state index is 12.6. The molecule has 2 N–H and O–H groups in total. The van der Waals surface area contributed by atoms with E-state index in [1.165, 1.54) is 13.8 Å². The van der Waals surface area contributed by atoms with E-state index in [1.54, 1.807) is 0 Å². The topological polar surface area (TPSA) is 74.6 Å². The average Bonchev–Trinajstić information content (AvgIpc) is 3.06. The Morgan fingerprint density at radius 1 is 1.44 bits per heavy atom. The molecule has 7 atom stereocenters. The zero-order valence-electron chi connectivity index (χ0n) is 22.3. The molecule has 3 fully saturated rings. The van der Waals surface area contributed by atoms with Crippen LogP contribution in [0.4, 0.5) is 0 Å². The summed E-state index contributed by atoms with van der Waals surface area (Å²) in [4.78, 5) is 24.9. The number of fused-ring (bicyclic) bond motifs is 5. The molecule has 0 radical (unpaired) electrons. The Morgan fingerprint density at radius 3 is 2.92 bits per heavy atom. The molecule has 0 heterocycles. The molecule has 0 aromatic rings. The molecule has 0 saturated heterocycles. The zero-order valence-corrected chi connectivity index (χ0v) is 14.3. The lowest BCUT2D eigenvalue weighted by Gasteiger charge is -2.58. The molecular formula is C21H28O4. The Hall–Kier alpha value is -1.26. The van der Waals surface area contributed by atoms with Crippen LogP contribution in [-0.2, 0) is 9.59 Å². The molecule has 0 aromatic carbocycles. The van der Waals surface area contributed by atoms with Gasteiger partial charge in [0.2, 0.25) is 0 Å². The lowest BCUT2D eigenvalue weighted by atomic mass is 9.46. The van der Waals surface area contributed by atoms with Gasteiger partial charge in [-0.2, -0.15) is 0 Å². The summed E-state index contributed by atoms with van der Waals surface area (Å²) in [5, 5.41) is 21.1. The minimum absolute atomic E-state index is 0.160. The fraction of sp³-hybridized carbons (Fsp3) is 0.714. The van der Waals surface area contributed by atoms with Crippen LogP contribution in [0, 0.1) is 34.5 Å². The predicted octanol–water partition coefficient (Wildman–Crippen LogP) is 2.44. The number of aliphatic hydroxyl groups is 2. The van der Waals surface area contributed by atoms with Crippen molar-refractivity contribution in [2.24, 2.45) is 34.5 Å². The second kappa shape index (κ2) is 5.62. The summed E-state index contributed by atoms with van der Waals surface area (Å²) in [6.07, 6.45) is -7.43. The number of hydrogen-bond acceptors (Lipinski definition) is 4. The van der Waals surface area contributed by atoms with Gasteiger partial charge in [0, 0.05) is 24.1 Å². The van der Waals surface area contributed by atoms with E-state index in [4.69, 9.17) is 9.60 Å². The van der Waals surface area contributed by atoms with E-state index in [9.17, 15) is 21.2 Å². The van der Waals surface area contributed by atoms with Crippen LogP contribution in [0.15, 0.2) is 23.8 Å². The summed E-state index contributed by atoms with van der Waals surface area (Å²) in [6, 6.07) is -1.47. The molecule has 4 aliphatic rings. The summed E-state index contributed by atoms with van der Waals surface area (Å²) >= 11 is 0. The second-order valence-corrected chi connectivity index (χ2v) is 7.84. The van der Waals surface area contributed by atoms with Gasteiger partial charge in [0.15, 0.2) is 11.6 Å². The lowest BCUT2D eigenvalue weighted by Crippen LogP contribution is -2.56. The number of ketones is 2. The van der Waals surface area contributed by atoms with Crippen molar-refractivity contribution in [2.75, 3.05) is 6.61 Å². The monoisotopic (exact) mass is 352 g/mol. The van der Waals surface area contributed by atoms with Crippen molar-refractivity contribution in [2.45, 2.75) is 51.9 Å². The van der Waals surface area contributed by atoms with Gasteiger partial charge in [-0.15, -0.1) is 0 Å². The first-order valence-electron chi connectivity index (χ1n) is 12.7. The number of hydrogen-bond donors (Lipinski definition) is 2. The third kappa shape index (κ3) is 2.26. The number of aliphatic hydroxyl groups excluding tert-OH is 1. The molecule has 4 aliphatic carbocycles. The van der Waals surface area contributed by atoms with Gasteiger partial charge in [-0.3, -0.25) is 9.59 Å². The second-order valence-electron chi connectivity index (χ2n) is 7.84. The van der Waals surface area contributed by atoms with Crippen LogP contribution in [0.3, 0.4) is 0 Å². The van der Waals surface area contributed by atoms with Gasteiger partial charge in [-0.1, -0.05) is 25.5 Å². The summed E-state index contributed by atoms with van der Waals surface area (Å²) in [5.74, 6) is -7.07. The van der Waals surface area contributed by atoms with Crippen molar-refractivity contribution in [3.8, 4) is 0 Å². The first-order chi connectivity index (χ1) is 14.9. The molecule has 3 saturated carbocycles. The van der Waals surface area contributed by atoms with Gasteiger partial charge in [0.25, 0.3) is 0 Å². The number of Topliss-reactive ketones (excluding diaryl/α,β-unsaturated/α-hetero) is 1. The average molecular weight is 352 g/mol. The van der Waals surface area contributed by atoms with Crippen molar-refractivity contribution in [1.82, 2.24) is 0 Å². The largest absolute Gasteiger partial charge is 0.393 e. The Balaban J connectivity index is 2.06. The first kappa shape index (κ1) is 10.2. The fourth-order valence-electron chi connectivity index (χ4n) is 5.40. The van der Waals surface area contributed by atoms with E-state index < -0.39 is 95.6 Å². The van der Waals surface area contributed by atoms with Gasteiger partial charge in [0.1, 0.15) is 6.61 Å². The van der Waals surface area contributed by atoms with Crippen LogP contribution in [0.2, 0.25) is 0 Å². The minimum Gasteiger partial charge on any atom is -0.393 e. The van der Waals surface area contributed by atoms with Crippen LogP contribution in [0.5, 0.6) is 0 Å². The van der Waals surface area contributed by atoms with E-state index in [2.05, 4.69) is 0 Å². The normalized spacial score (nSPS) is 63.8. The Labute approximate surface area is 160 Å². The van der Waals surface area contributed by atoms with Crippen LogP contribution in [0.1, 0.15) is 56.8 Å². The quantitative estimate of drug-likeness (QED) is 0.800. The van der Waals surface area contributed by atoms with Crippen LogP contribution in [0.25, 0.3) is 0 Å². The van der Waals surface area contributed by atoms with E-state index in [1.807, 2.05) is 0 Å². The molecule has 4 nitrogen and oxygen atoms in total. The van der Waals surface area contributed by atoms with Crippen LogP contribution < -0.4 is 0 Å². The molecule has 0 amide bonds.